The summed E-state index contributed by atoms with van der Waals surface area (Å²) in [6.07, 6.45) is 0.749. The van der Waals surface area contributed by atoms with Crippen LogP contribution in [0, 0.1) is 3.70 Å². The average Bonchev–Trinajstić information content (AvgIpc) is 3.33. The van der Waals surface area contributed by atoms with Crippen molar-refractivity contribution >= 4 is 51.8 Å². The van der Waals surface area contributed by atoms with E-state index in [0.717, 1.165) is 5.56 Å². The molecule has 11 nitrogen and oxygen atoms in total. The molecule has 0 aliphatic carbocycles. The normalized spacial score (nSPS) is 12.1. The number of hydrogen-bond acceptors (Lipinski definition) is 9. The molecule has 0 saturated carbocycles. The van der Waals surface area contributed by atoms with Gasteiger partial charge in [-0.2, -0.15) is 4.98 Å². The minimum Gasteiger partial charge on any atom is -0.465 e. The number of halogens is 1. The summed E-state index contributed by atoms with van der Waals surface area (Å²) in [5, 5.41) is 2.49. The third-order valence-corrected chi connectivity index (χ3v) is 4.80. The Morgan fingerprint density at radius 2 is 2.07 bits per heavy atom. The van der Waals surface area contributed by atoms with Crippen molar-refractivity contribution in [2.45, 2.75) is 20.1 Å². The molecule has 0 bridgehead atoms. The number of carbonyl (C=O) groups excluding carboxylic acids is 2. The first-order valence-corrected chi connectivity index (χ1v) is 9.97. The zero-order chi connectivity index (χ0) is 21.1. The lowest BCUT2D eigenvalue weighted by atomic mass is 10.2. The molecule has 30 heavy (non-hydrogen) atoms. The minimum atomic E-state index is -0.723. The Morgan fingerprint density at radius 3 is 2.90 bits per heavy atom. The lowest BCUT2D eigenvalue weighted by Crippen LogP contribution is -2.17. The number of benzene rings is 1. The number of imidazole rings is 1. The number of esters is 1. The van der Waals surface area contributed by atoms with E-state index >= 15 is 0 Å². The number of ether oxygens (including phenoxy) is 4. The number of aromatic nitrogens is 4. The van der Waals surface area contributed by atoms with Gasteiger partial charge in [0, 0.05) is 0 Å². The second-order valence-corrected chi connectivity index (χ2v) is 7.10. The van der Waals surface area contributed by atoms with Crippen LogP contribution >= 0.6 is 22.6 Å². The predicted octanol–water partition coefficient (Wildman–Crippen LogP) is 2.47. The third kappa shape index (κ3) is 4.37. The molecule has 3 heterocycles. The Hall–Kier alpha value is -3.16. The van der Waals surface area contributed by atoms with E-state index < -0.39 is 12.1 Å². The number of rotatable bonds is 6. The first kappa shape index (κ1) is 20.1. The fourth-order valence-corrected chi connectivity index (χ4v) is 3.34. The molecule has 4 rings (SSSR count). The molecule has 1 aliphatic heterocycles. The van der Waals surface area contributed by atoms with Crippen molar-refractivity contribution < 1.29 is 28.5 Å². The van der Waals surface area contributed by atoms with E-state index in [4.69, 9.17) is 18.9 Å². The van der Waals surface area contributed by atoms with Crippen LogP contribution in [0.1, 0.15) is 12.5 Å². The van der Waals surface area contributed by atoms with E-state index in [1.54, 1.807) is 25.1 Å². The van der Waals surface area contributed by atoms with Gasteiger partial charge in [0.1, 0.15) is 22.4 Å². The number of carbonyl (C=O) groups is 2. The second-order valence-electron chi connectivity index (χ2n) is 6.08. The maximum Gasteiger partial charge on any atom is 0.414 e. The Morgan fingerprint density at radius 1 is 1.23 bits per heavy atom. The molecule has 2 aromatic heterocycles. The maximum atomic E-state index is 12.2. The molecule has 12 heteroatoms. The van der Waals surface area contributed by atoms with E-state index in [2.05, 4.69) is 20.3 Å². The average molecular weight is 525 g/mol. The molecule has 0 atom stereocenters. The Kier molecular flexibility index (Phi) is 5.83. The van der Waals surface area contributed by atoms with Gasteiger partial charge in [0.25, 0.3) is 0 Å². The highest BCUT2D eigenvalue weighted by Crippen LogP contribution is 2.32. The highest BCUT2D eigenvalue weighted by molar-refractivity contribution is 14.1. The molecule has 1 aliphatic rings. The number of amides is 1. The van der Waals surface area contributed by atoms with Crippen molar-refractivity contribution in [2.24, 2.45) is 0 Å². The fourth-order valence-electron chi connectivity index (χ4n) is 2.73. The monoisotopic (exact) mass is 525 g/mol. The van der Waals surface area contributed by atoms with Crippen LogP contribution in [0.2, 0.25) is 0 Å². The van der Waals surface area contributed by atoms with E-state index in [-0.39, 0.29) is 32.5 Å². The fraction of sp³-hybridized carbons (Fsp3) is 0.278. The van der Waals surface area contributed by atoms with E-state index in [1.165, 1.54) is 10.9 Å². The molecular weight excluding hydrogens is 509 g/mol. The molecule has 3 aromatic rings. The second kappa shape index (κ2) is 8.69. The molecule has 1 N–H and O–H groups in total. The summed E-state index contributed by atoms with van der Waals surface area (Å²) in [5.74, 6) is 0.880. The van der Waals surface area contributed by atoms with Crippen molar-refractivity contribution in [3.8, 4) is 11.5 Å². The zero-order valence-electron chi connectivity index (χ0n) is 15.8. The summed E-state index contributed by atoms with van der Waals surface area (Å²) >= 11 is 1.98. The van der Waals surface area contributed by atoms with Crippen molar-refractivity contribution in [1.29, 1.82) is 0 Å². The summed E-state index contributed by atoms with van der Waals surface area (Å²) < 4.78 is 22.8. The Labute approximate surface area is 183 Å². The maximum absolute atomic E-state index is 12.2. The van der Waals surface area contributed by atoms with Crippen molar-refractivity contribution in [2.75, 3.05) is 18.7 Å². The Bertz CT molecular complexity index is 1120. The van der Waals surface area contributed by atoms with Crippen LogP contribution < -0.4 is 14.8 Å². The molecule has 0 unspecified atom stereocenters. The quantitative estimate of drug-likeness (QED) is 0.294. The molecular formula is C18H16IN5O6. The minimum absolute atomic E-state index is 0.0304. The van der Waals surface area contributed by atoms with Gasteiger partial charge < -0.3 is 23.5 Å². The van der Waals surface area contributed by atoms with E-state index in [0.29, 0.717) is 26.4 Å². The van der Waals surface area contributed by atoms with Gasteiger partial charge in [-0.3, -0.25) is 10.1 Å². The van der Waals surface area contributed by atoms with Gasteiger partial charge in [-0.1, -0.05) is 6.07 Å². The van der Waals surface area contributed by atoms with Crippen molar-refractivity contribution in [3.05, 3.63) is 33.8 Å². The Balaban J connectivity index is 1.43. The van der Waals surface area contributed by atoms with Crippen LogP contribution in [0.4, 0.5) is 10.7 Å². The summed E-state index contributed by atoms with van der Waals surface area (Å²) in [7, 11) is 0. The van der Waals surface area contributed by atoms with Crippen LogP contribution in [0.25, 0.3) is 11.2 Å². The van der Waals surface area contributed by atoms with Gasteiger partial charge >= 0.3 is 12.1 Å². The molecule has 0 fully saturated rings. The molecule has 0 radical (unpaired) electrons. The number of hydrogen-bond donors (Lipinski definition) is 1. The molecule has 0 saturated heterocycles. The highest BCUT2D eigenvalue weighted by Gasteiger charge is 2.17. The highest BCUT2D eigenvalue weighted by atomic mass is 127. The summed E-state index contributed by atoms with van der Waals surface area (Å²) in [6, 6.07) is 5.28. The number of nitrogens with one attached hydrogen (secondary N) is 1. The summed E-state index contributed by atoms with van der Waals surface area (Å²) in [4.78, 5) is 36.7. The molecule has 156 valence electrons. The number of fused-ring (bicyclic) bond motifs is 2. The predicted molar refractivity (Wildman–Crippen MR) is 111 cm³/mol. The van der Waals surface area contributed by atoms with Crippen LogP contribution in [0.5, 0.6) is 11.5 Å². The van der Waals surface area contributed by atoms with Crippen LogP contribution in [0.3, 0.4) is 0 Å². The summed E-state index contributed by atoms with van der Waals surface area (Å²) in [6.45, 7) is 2.16. The summed E-state index contributed by atoms with van der Waals surface area (Å²) in [5.41, 5.74) is 1.65. The topological polar surface area (TPSA) is 127 Å². The van der Waals surface area contributed by atoms with Gasteiger partial charge in [-0.25, -0.2) is 14.8 Å². The van der Waals surface area contributed by atoms with Crippen LogP contribution in [-0.2, 0) is 27.4 Å². The van der Waals surface area contributed by atoms with Gasteiger partial charge in [-0.05, 0) is 47.2 Å². The number of anilines is 1. The largest absolute Gasteiger partial charge is 0.465 e. The molecule has 1 amide bonds. The molecule has 1 aromatic carbocycles. The van der Waals surface area contributed by atoms with Crippen LogP contribution in [-0.4, -0.2) is 45.0 Å². The van der Waals surface area contributed by atoms with Crippen molar-refractivity contribution in [1.82, 2.24) is 19.5 Å². The van der Waals surface area contributed by atoms with E-state index in [1.807, 2.05) is 22.6 Å². The van der Waals surface area contributed by atoms with Gasteiger partial charge in [0.15, 0.2) is 17.1 Å². The lowest BCUT2D eigenvalue weighted by Gasteiger charge is -2.08. The SMILES string of the molecule is CCOC(=O)Cn1cnc2c(I)nc(NC(=O)OCc3ccc4c(c3)OCO4)nc21. The third-order valence-electron chi connectivity index (χ3n) is 4.05. The zero-order valence-corrected chi connectivity index (χ0v) is 17.9. The standard InChI is InChI=1S/C18H16IN5O6/c1-2-27-13(25)6-24-8-20-14-15(19)21-17(22-16(14)24)23-18(26)28-7-10-3-4-11-12(5-10)30-9-29-11/h3-5,8H,2,6-7,9H2,1H3,(H,21,22,23,26). The first-order chi connectivity index (χ1) is 14.5. The smallest absolute Gasteiger partial charge is 0.414 e. The van der Waals surface area contributed by atoms with Gasteiger partial charge in [0.05, 0.1) is 12.9 Å². The van der Waals surface area contributed by atoms with Crippen molar-refractivity contribution in [3.63, 3.8) is 0 Å². The van der Waals surface area contributed by atoms with E-state index in [9.17, 15) is 9.59 Å². The van der Waals surface area contributed by atoms with Gasteiger partial charge in [0.2, 0.25) is 12.7 Å². The lowest BCUT2D eigenvalue weighted by molar-refractivity contribution is -0.143. The van der Waals surface area contributed by atoms with Gasteiger partial charge in [-0.15, -0.1) is 0 Å². The number of nitrogens with zero attached hydrogens (tertiary/aromatic N) is 4. The molecule has 0 spiro atoms. The van der Waals surface area contributed by atoms with Crippen LogP contribution in [0.15, 0.2) is 24.5 Å². The first-order valence-electron chi connectivity index (χ1n) is 8.89.